The van der Waals surface area contributed by atoms with Gasteiger partial charge in [0.05, 0.1) is 0 Å². The van der Waals surface area contributed by atoms with Gasteiger partial charge in [-0.05, 0) is 52.5 Å². The van der Waals surface area contributed by atoms with Crippen molar-refractivity contribution in [3.8, 4) is 0 Å². The molecule has 0 saturated carbocycles. The monoisotopic (exact) mass is 256 g/mol. The second-order valence-electron chi connectivity index (χ2n) is 4.50. The number of benzene rings is 1. The average molecular weight is 256 g/mol. The van der Waals surface area contributed by atoms with Gasteiger partial charge in [0.2, 0.25) is 0 Å². The number of nitrogens with zero attached hydrogens (tertiary/aromatic N) is 1. The summed E-state index contributed by atoms with van der Waals surface area (Å²) < 4.78 is 2.32. The Kier molecular flexibility index (Phi) is 3.17. The molecule has 1 N–H and O–H groups in total. The molecular formula is C15H16N2S. The van der Waals surface area contributed by atoms with Crippen LogP contribution in [0.3, 0.4) is 0 Å². The lowest BCUT2D eigenvalue weighted by Crippen LogP contribution is -2.05. The fourth-order valence-electron chi connectivity index (χ4n) is 2.26. The van der Waals surface area contributed by atoms with E-state index in [4.69, 9.17) is 0 Å². The van der Waals surface area contributed by atoms with Gasteiger partial charge in [0.25, 0.3) is 0 Å². The summed E-state index contributed by atoms with van der Waals surface area (Å²) in [4.78, 5) is 0. The van der Waals surface area contributed by atoms with Crippen molar-refractivity contribution in [2.45, 2.75) is 13.1 Å². The van der Waals surface area contributed by atoms with Gasteiger partial charge in [-0.2, -0.15) is 11.3 Å². The van der Waals surface area contributed by atoms with Gasteiger partial charge in [0.1, 0.15) is 0 Å². The number of hydrogen-bond acceptors (Lipinski definition) is 2. The molecule has 0 saturated heterocycles. The van der Waals surface area contributed by atoms with Crippen molar-refractivity contribution in [2.75, 3.05) is 7.05 Å². The molecule has 0 amide bonds. The summed E-state index contributed by atoms with van der Waals surface area (Å²) in [6, 6.07) is 11.0. The minimum absolute atomic E-state index is 0.916. The number of thiophene rings is 1. The van der Waals surface area contributed by atoms with Gasteiger partial charge in [0.15, 0.2) is 0 Å². The molecule has 0 radical (unpaired) electrons. The third-order valence-electron chi connectivity index (χ3n) is 3.15. The molecule has 0 aliphatic rings. The van der Waals surface area contributed by atoms with Crippen LogP contribution in [0.15, 0.2) is 47.3 Å². The molecule has 92 valence electrons. The lowest BCUT2D eigenvalue weighted by atomic mass is 10.1. The quantitative estimate of drug-likeness (QED) is 0.756. The topological polar surface area (TPSA) is 17.0 Å². The molecule has 3 aromatic rings. The minimum Gasteiger partial charge on any atom is -0.343 e. The fourth-order valence-corrected chi connectivity index (χ4v) is 2.92. The SMILES string of the molecule is CNCc1ccc2ccn(Cc3ccsc3)c2c1. The van der Waals surface area contributed by atoms with Crippen LogP contribution in [0.5, 0.6) is 0 Å². The first kappa shape index (κ1) is 11.5. The molecule has 1 aromatic carbocycles. The molecule has 0 fully saturated rings. The summed E-state index contributed by atoms with van der Waals surface area (Å²) in [5.74, 6) is 0. The van der Waals surface area contributed by atoms with Gasteiger partial charge >= 0.3 is 0 Å². The molecular weight excluding hydrogens is 240 g/mol. The highest BCUT2D eigenvalue weighted by Gasteiger charge is 2.03. The predicted octanol–water partition coefficient (Wildman–Crippen LogP) is 3.47. The normalized spacial score (nSPS) is 11.2. The Hall–Kier alpha value is -1.58. The van der Waals surface area contributed by atoms with Gasteiger partial charge in [0, 0.05) is 24.8 Å². The van der Waals surface area contributed by atoms with Crippen molar-refractivity contribution < 1.29 is 0 Å². The average Bonchev–Trinajstić information content (AvgIpc) is 3.01. The van der Waals surface area contributed by atoms with E-state index in [0.717, 1.165) is 13.1 Å². The first-order valence-electron chi connectivity index (χ1n) is 6.10. The standard InChI is InChI=1S/C15H16N2S/c1-16-9-12-2-3-14-4-6-17(15(14)8-12)10-13-5-7-18-11-13/h2-8,11,16H,9-10H2,1H3. The van der Waals surface area contributed by atoms with E-state index in [1.807, 2.05) is 7.05 Å². The van der Waals surface area contributed by atoms with Crippen LogP contribution in [0.1, 0.15) is 11.1 Å². The van der Waals surface area contributed by atoms with Gasteiger partial charge in [-0.25, -0.2) is 0 Å². The third kappa shape index (κ3) is 2.19. The largest absolute Gasteiger partial charge is 0.343 e. The summed E-state index contributed by atoms with van der Waals surface area (Å²) >= 11 is 1.75. The zero-order valence-corrected chi connectivity index (χ0v) is 11.2. The number of nitrogens with one attached hydrogen (secondary N) is 1. The first-order chi connectivity index (χ1) is 8.86. The Morgan fingerprint density at radius 1 is 1.17 bits per heavy atom. The van der Waals surface area contributed by atoms with Crippen molar-refractivity contribution in [1.29, 1.82) is 0 Å². The number of fused-ring (bicyclic) bond motifs is 1. The lowest BCUT2D eigenvalue weighted by Gasteiger charge is -2.06. The van der Waals surface area contributed by atoms with Crippen LogP contribution in [0, 0.1) is 0 Å². The number of aromatic nitrogens is 1. The van der Waals surface area contributed by atoms with E-state index in [-0.39, 0.29) is 0 Å². The van der Waals surface area contributed by atoms with Crippen LogP contribution < -0.4 is 5.32 Å². The first-order valence-corrected chi connectivity index (χ1v) is 7.04. The molecule has 18 heavy (non-hydrogen) atoms. The van der Waals surface area contributed by atoms with E-state index in [1.165, 1.54) is 22.0 Å². The molecule has 2 aromatic heterocycles. The number of hydrogen-bond donors (Lipinski definition) is 1. The van der Waals surface area contributed by atoms with Crippen LogP contribution in [-0.4, -0.2) is 11.6 Å². The van der Waals surface area contributed by atoms with E-state index >= 15 is 0 Å². The summed E-state index contributed by atoms with van der Waals surface area (Å²) in [5.41, 5.74) is 4.01. The van der Waals surface area contributed by atoms with Crippen molar-refractivity contribution >= 4 is 22.2 Å². The van der Waals surface area contributed by atoms with Crippen LogP contribution in [0.2, 0.25) is 0 Å². The minimum atomic E-state index is 0.916. The zero-order chi connectivity index (χ0) is 12.4. The van der Waals surface area contributed by atoms with Crippen LogP contribution in [0.4, 0.5) is 0 Å². The molecule has 0 unspecified atom stereocenters. The van der Waals surface area contributed by atoms with Crippen LogP contribution in [-0.2, 0) is 13.1 Å². The highest BCUT2D eigenvalue weighted by atomic mass is 32.1. The van der Waals surface area contributed by atoms with Crippen LogP contribution in [0.25, 0.3) is 10.9 Å². The Morgan fingerprint density at radius 2 is 2.11 bits per heavy atom. The van der Waals surface area contributed by atoms with E-state index in [1.54, 1.807) is 11.3 Å². The molecule has 2 nitrogen and oxygen atoms in total. The van der Waals surface area contributed by atoms with Crippen molar-refractivity contribution in [1.82, 2.24) is 9.88 Å². The Morgan fingerprint density at radius 3 is 2.89 bits per heavy atom. The summed E-state index contributed by atoms with van der Waals surface area (Å²) in [7, 11) is 1.98. The van der Waals surface area contributed by atoms with Gasteiger partial charge < -0.3 is 9.88 Å². The molecule has 0 spiro atoms. The molecule has 2 heterocycles. The molecule has 0 aliphatic carbocycles. The summed E-state index contributed by atoms with van der Waals surface area (Å²) in [6.45, 7) is 1.87. The van der Waals surface area contributed by atoms with E-state index in [9.17, 15) is 0 Å². The maximum Gasteiger partial charge on any atom is 0.0486 e. The second kappa shape index (κ2) is 4.96. The van der Waals surface area contributed by atoms with E-state index in [2.05, 4.69) is 57.2 Å². The van der Waals surface area contributed by atoms with Crippen molar-refractivity contribution in [3.05, 3.63) is 58.4 Å². The van der Waals surface area contributed by atoms with E-state index in [0.29, 0.717) is 0 Å². The van der Waals surface area contributed by atoms with Crippen LogP contribution >= 0.6 is 11.3 Å². The summed E-state index contributed by atoms with van der Waals surface area (Å²) in [6.07, 6.45) is 2.17. The van der Waals surface area contributed by atoms with Gasteiger partial charge in [-0.1, -0.05) is 12.1 Å². The van der Waals surface area contributed by atoms with Crippen molar-refractivity contribution in [3.63, 3.8) is 0 Å². The molecule has 3 heteroatoms. The maximum absolute atomic E-state index is 3.20. The predicted molar refractivity (Wildman–Crippen MR) is 78.1 cm³/mol. The zero-order valence-electron chi connectivity index (χ0n) is 10.4. The Balaban J connectivity index is 1.98. The van der Waals surface area contributed by atoms with Crippen molar-refractivity contribution in [2.24, 2.45) is 0 Å². The number of rotatable bonds is 4. The third-order valence-corrected chi connectivity index (χ3v) is 3.88. The highest BCUT2D eigenvalue weighted by molar-refractivity contribution is 7.07. The molecule has 0 bridgehead atoms. The van der Waals surface area contributed by atoms with Gasteiger partial charge in [-0.15, -0.1) is 0 Å². The smallest absolute Gasteiger partial charge is 0.0486 e. The fraction of sp³-hybridized carbons (Fsp3) is 0.200. The second-order valence-corrected chi connectivity index (χ2v) is 5.28. The molecule has 0 aliphatic heterocycles. The summed E-state index contributed by atoms with van der Waals surface area (Å²) in [5, 5.41) is 8.85. The Labute approximate surface area is 111 Å². The Bertz CT molecular complexity index is 638. The lowest BCUT2D eigenvalue weighted by molar-refractivity contribution is 0.813. The highest BCUT2D eigenvalue weighted by Crippen LogP contribution is 2.19. The molecule has 3 rings (SSSR count). The van der Waals surface area contributed by atoms with E-state index < -0.39 is 0 Å². The molecule has 0 atom stereocenters. The maximum atomic E-state index is 3.20. The van der Waals surface area contributed by atoms with Gasteiger partial charge in [-0.3, -0.25) is 0 Å².